The third kappa shape index (κ3) is 5.55. The minimum atomic E-state index is 0. The van der Waals surface area contributed by atoms with Crippen LogP contribution in [0.3, 0.4) is 0 Å². The molecule has 0 unspecified atom stereocenters. The third-order valence-electron chi connectivity index (χ3n) is 3.08. The molecule has 2 N–H and O–H groups in total. The van der Waals surface area contributed by atoms with Crippen LogP contribution in [0.5, 0.6) is 5.75 Å². The zero-order valence-corrected chi connectivity index (χ0v) is 15.2. The summed E-state index contributed by atoms with van der Waals surface area (Å²) in [4.78, 5) is 8.22. The second kappa shape index (κ2) is 10.0. The average Bonchev–Trinajstić information content (AvgIpc) is 3.04. The number of guanidine groups is 1. The van der Waals surface area contributed by atoms with Gasteiger partial charge in [-0.25, -0.2) is 4.98 Å². The van der Waals surface area contributed by atoms with Gasteiger partial charge < -0.3 is 19.9 Å². The quantitative estimate of drug-likeness (QED) is 0.430. The number of nitrogens with zero attached hydrogens (tertiary/aromatic N) is 3. The summed E-state index contributed by atoms with van der Waals surface area (Å²) in [6.45, 7) is 2.28. The molecule has 22 heavy (non-hydrogen) atoms. The minimum Gasteiger partial charge on any atom is -0.496 e. The van der Waals surface area contributed by atoms with Gasteiger partial charge in [0.2, 0.25) is 0 Å². The molecular weight excluding hydrogens is 393 g/mol. The van der Waals surface area contributed by atoms with E-state index in [9.17, 15) is 0 Å². The van der Waals surface area contributed by atoms with Crippen molar-refractivity contribution < 1.29 is 4.74 Å². The lowest BCUT2D eigenvalue weighted by Crippen LogP contribution is -2.38. The van der Waals surface area contributed by atoms with Gasteiger partial charge in [0.05, 0.1) is 13.4 Å². The van der Waals surface area contributed by atoms with E-state index >= 15 is 0 Å². The fourth-order valence-corrected chi connectivity index (χ4v) is 1.97. The van der Waals surface area contributed by atoms with Crippen LogP contribution in [0.25, 0.3) is 0 Å². The summed E-state index contributed by atoms with van der Waals surface area (Å²) >= 11 is 0. The van der Waals surface area contributed by atoms with Gasteiger partial charge in [-0.05, 0) is 6.07 Å². The highest BCUT2D eigenvalue weighted by Crippen LogP contribution is 2.16. The van der Waals surface area contributed by atoms with E-state index in [1.165, 1.54) is 0 Å². The summed E-state index contributed by atoms with van der Waals surface area (Å²) in [6.07, 6.45) is 5.51. The van der Waals surface area contributed by atoms with E-state index in [1.54, 1.807) is 26.7 Å². The lowest BCUT2D eigenvalue weighted by molar-refractivity contribution is 0.409. The summed E-state index contributed by atoms with van der Waals surface area (Å²) in [6, 6.07) is 7.94. The molecule has 7 heteroatoms. The van der Waals surface area contributed by atoms with Crippen molar-refractivity contribution in [2.45, 2.75) is 13.1 Å². The van der Waals surface area contributed by atoms with Gasteiger partial charge in [-0.3, -0.25) is 4.99 Å². The molecule has 2 aromatic rings. The first-order chi connectivity index (χ1) is 10.3. The fourth-order valence-electron chi connectivity index (χ4n) is 1.97. The van der Waals surface area contributed by atoms with Gasteiger partial charge in [0.15, 0.2) is 5.96 Å². The Morgan fingerprint density at radius 1 is 1.32 bits per heavy atom. The normalized spacial score (nSPS) is 10.7. The first-order valence-corrected chi connectivity index (χ1v) is 6.85. The van der Waals surface area contributed by atoms with Crippen LogP contribution in [0.15, 0.2) is 48.0 Å². The minimum absolute atomic E-state index is 0. The van der Waals surface area contributed by atoms with E-state index in [0.717, 1.165) is 30.4 Å². The van der Waals surface area contributed by atoms with Crippen LogP contribution >= 0.6 is 24.0 Å². The van der Waals surface area contributed by atoms with Gasteiger partial charge in [-0.2, -0.15) is 0 Å². The lowest BCUT2D eigenvalue weighted by Gasteiger charge is -2.13. The van der Waals surface area contributed by atoms with Crippen LogP contribution < -0.4 is 15.4 Å². The van der Waals surface area contributed by atoms with Gasteiger partial charge in [0, 0.05) is 44.6 Å². The van der Waals surface area contributed by atoms with E-state index < -0.39 is 0 Å². The Kier molecular flexibility index (Phi) is 8.34. The summed E-state index contributed by atoms with van der Waals surface area (Å²) in [5.74, 6) is 1.64. The molecule has 0 bridgehead atoms. The molecule has 1 aromatic carbocycles. The maximum absolute atomic E-state index is 5.33. The molecular formula is C15H22IN5O. The molecule has 0 fully saturated rings. The maximum Gasteiger partial charge on any atom is 0.191 e. The molecule has 0 spiro atoms. The number of para-hydroxylation sites is 1. The molecule has 0 atom stereocenters. The number of methoxy groups -OCH3 is 1. The summed E-state index contributed by atoms with van der Waals surface area (Å²) < 4.78 is 7.35. The van der Waals surface area contributed by atoms with Crippen LogP contribution in [-0.4, -0.2) is 36.2 Å². The van der Waals surface area contributed by atoms with E-state index in [0.29, 0.717) is 6.54 Å². The monoisotopic (exact) mass is 415 g/mol. The Hall–Kier alpha value is -1.77. The van der Waals surface area contributed by atoms with Crippen molar-refractivity contribution in [3.63, 3.8) is 0 Å². The zero-order chi connectivity index (χ0) is 14.9. The summed E-state index contributed by atoms with van der Waals surface area (Å²) in [7, 11) is 3.44. The smallest absolute Gasteiger partial charge is 0.191 e. The van der Waals surface area contributed by atoms with Crippen molar-refractivity contribution in [3.8, 4) is 5.75 Å². The van der Waals surface area contributed by atoms with Gasteiger partial charge in [-0.15, -0.1) is 24.0 Å². The highest BCUT2D eigenvalue weighted by molar-refractivity contribution is 14.0. The second-order valence-corrected chi connectivity index (χ2v) is 4.46. The van der Waals surface area contributed by atoms with Gasteiger partial charge in [-0.1, -0.05) is 18.2 Å². The summed E-state index contributed by atoms with van der Waals surface area (Å²) in [5, 5.41) is 6.54. The Bertz CT molecular complexity index is 571. The van der Waals surface area contributed by atoms with Crippen LogP contribution in [0.4, 0.5) is 0 Å². The highest BCUT2D eigenvalue weighted by atomic mass is 127. The maximum atomic E-state index is 5.33. The Balaban J connectivity index is 0.00000242. The first kappa shape index (κ1) is 18.3. The van der Waals surface area contributed by atoms with Crippen LogP contribution in [0.1, 0.15) is 5.56 Å². The third-order valence-corrected chi connectivity index (χ3v) is 3.08. The van der Waals surface area contributed by atoms with Crippen LogP contribution in [-0.2, 0) is 13.1 Å². The van der Waals surface area contributed by atoms with Crippen LogP contribution in [0.2, 0.25) is 0 Å². The van der Waals surface area contributed by atoms with E-state index in [1.807, 2.05) is 35.0 Å². The predicted molar refractivity (Wildman–Crippen MR) is 98.8 cm³/mol. The van der Waals surface area contributed by atoms with Crippen molar-refractivity contribution in [1.29, 1.82) is 0 Å². The molecule has 0 saturated heterocycles. The molecule has 120 valence electrons. The number of rotatable bonds is 6. The average molecular weight is 415 g/mol. The fraction of sp³-hybridized carbons (Fsp3) is 0.333. The molecule has 6 nitrogen and oxygen atoms in total. The molecule has 0 saturated carbocycles. The van der Waals surface area contributed by atoms with Crippen molar-refractivity contribution in [2.75, 3.05) is 20.7 Å². The number of hydrogen-bond donors (Lipinski definition) is 2. The summed E-state index contributed by atoms with van der Waals surface area (Å²) in [5.41, 5.74) is 1.09. The van der Waals surface area contributed by atoms with Gasteiger partial charge in [0.1, 0.15) is 5.75 Å². The second-order valence-electron chi connectivity index (χ2n) is 4.46. The predicted octanol–water partition coefficient (Wildman–Crippen LogP) is 1.87. The van der Waals surface area contributed by atoms with Crippen molar-refractivity contribution in [2.24, 2.45) is 4.99 Å². The van der Waals surface area contributed by atoms with E-state index in [2.05, 4.69) is 20.6 Å². The largest absolute Gasteiger partial charge is 0.496 e. The number of aliphatic imine (C=N–C) groups is 1. The Morgan fingerprint density at radius 3 is 2.82 bits per heavy atom. The number of hydrogen-bond acceptors (Lipinski definition) is 3. The van der Waals surface area contributed by atoms with Crippen molar-refractivity contribution in [1.82, 2.24) is 20.2 Å². The molecule has 1 aromatic heterocycles. The van der Waals surface area contributed by atoms with Crippen molar-refractivity contribution in [3.05, 3.63) is 48.5 Å². The number of aromatic nitrogens is 2. The zero-order valence-electron chi connectivity index (χ0n) is 12.8. The molecule has 0 aliphatic carbocycles. The molecule has 0 aliphatic heterocycles. The number of imidazole rings is 1. The molecule has 0 radical (unpaired) electrons. The molecule has 1 heterocycles. The standard InChI is InChI=1S/C15H21N5O.HI/c1-16-15(18-8-10-20-9-7-17-12-20)19-11-13-5-3-4-6-14(13)21-2;/h3-7,9,12H,8,10-11H2,1-2H3,(H2,16,18,19);1H. The topological polar surface area (TPSA) is 63.5 Å². The van der Waals surface area contributed by atoms with Gasteiger partial charge >= 0.3 is 0 Å². The Morgan fingerprint density at radius 2 is 2.14 bits per heavy atom. The first-order valence-electron chi connectivity index (χ1n) is 6.85. The van der Waals surface area contributed by atoms with Gasteiger partial charge in [0.25, 0.3) is 0 Å². The lowest BCUT2D eigenvalue weighted by atomic mass is 10.2. The highest BCUT2D eigenvalue weighted by Gasteiger charge is 2.03. The number of benzene rings is 1. The van der Waals surface area contributed by atoms with E-state index in [-0.39, 0.29) is 24.0 Å². The van der Waals surface area contributed by atoms with E-state index in [4.69, 9.17) is 4.74 Å². The SMILES string of the molecule is CN=C(NCCn1ccnc1)NCc1ccccc1OC.I. The number of nitrogens with one attached hydrogen (secondary N) is 2. The molecule has 0 amide bonds. The number of ether oxygens (including phenoxy) is 1. The molecule has 2 rings (SSSR count). The molecule has 0 aliphatic rings. The number of halogens is 1. The Labute approximate surface area is 148 Å². The van der Waals surface area contributed by atoms with Crippen molar-refractivity contribution >= 4 is 29.9 Å². The van der Waals surface area contributed by atoms with Crippen LogP contribution in [0, 0.1) is 0 Å².